The molecule has 0 radical (unpaired) electrons. The van der Waals surface area contributed by atoms with Gasteiger partial charge >= 0.3 is 5.97 Å². The highest BCUT2D eigenvalue weighted by Gasteiger charge is 2.14. The van der Waals surface area contributed by atoms with Crippen LogP contribution in [0.25, 0.3) is 0 Å². The molecule has 0 N–H and O–H groups in total. The third-order valence-corrected chi connectivity index (χ3v) is 3.19. The average molecular weight is 224 g/mol. The molecule has 4 heteroatoms. The van der Waals surface area contributed by atoms with Gasteiger partial charge in [0.25, 0.3) is 0 Å². The number of esters is 1. The van der Waals surface area contributed by atoms with Crippen molar-refractivity contribution in [2.24, 2.45) is 0 Å². The smallest absolute Gasteiger partial charge is 0.339 e. The summed E-state index contributed by atoms with van der Waals surface area (Å²) in [6, 6.07) is 6.71. The van der Waals surface area contributed by atoms with E-state index in [0.29, 0.717) is 16.2 Å². The number of carbonyl (C=O) groups excluding carboxylic acids is 1. The third kappa shape index (κ3) is 2.76. The standard InChI is InChI=1S/C11H12O3S/c1-3-8-15(13)10-7-5-4-6-9(10)11(12)14-2/h3-7H,1,8H2,2H3/t15-/m1/s1. The molecule has 1 rings (SSSR count). The zero-order chi connectivity index (χ0) is 11.3. The fraction of sp³-hybridized carbons (Fsp3) is 0.182. The molecule has 0 aliphatic heterocycles. The van der Waals surface area contributed by atoms with Crippen LogP contribution in [-0.4, -0.2) is 23.0 Å². The summed E-state index contributed by atoms with van der Waals surface area (Å²) in [5, 5.41) is 0. The van der Waals surface area contributed by atoms with Crippen molar-refractivity contribution in [1.29, 1.82) is 0 Å². The molecule has 3 nitrogen and oxygen atoms in total. The zero-order valence-corrected chi connectivity index (χ0v) is 9.25. The second-order valence-electron chi connectivity index (χ2n) is 2.79. The van der Waals surface area contributed by atoms with Crippen LogP contribution < -0.4 is 0 Å². The van der Waals surface area contributed by atoms with Gasteiger partial charge in [0.2, 0.25) is 0 Å². The Hall–Kier alpha value is -1.42. The first-order chi connectivity index (χ1) is 7.20. The van der Waals surface area contributed by atoms with Crippen molar-refractivity contribution in [1.82, 2.24) is 0 Å². The van der Waals surface area contributed by atoms with Crippen LogP contribution in [0.15, 0.2) is 41.8 Å². The zero-order valence-electron chi connectivity index (χ0n) is 8.43. The van der Waals surface area contributed by atoms with Crippen molar-refractivity contribution in [2.45, 2.75) is 4.90 Å². The predicted octanol–water partition coefficient (Wildman–Crippen LogP) is 1.77. The summed E-state index contributed by atoms with van der Waals surface area (Å²) in [7, 11) is 0.0651. The van der Waals surface area contributed by atoms with Gasteiger partial charge in [-0.05, 0) is 12.1 Å². The molecule has 0 aliphatic carbocycles. The molecule has 0 spiro atoms. The van der Waals surface area contributed by atoms with Crippen molar-refractivity contribution in [3.8, 4) is 0 Å². The van der Waals surface area contributed by atoms with E-state index >= 15 is 0 Å². The Labute approximate surface area is 91.2 Å². The molecule has 0 amide bonds. The van der Waals surface area contributed by atoms with E-state index < -0.39 is 16.8 Å². The maximum atomic E-state index is 11.7. The molecule has 1 aromatic rings. The Bertz CT molecular complexity index is 399. The molecule has 15 heavy (non-hydrogen) atoms. The van der Waals surface area contributed by atoms with Crippen LogP contribution in [0.4, 0.5) is 0 Å². The Morgan fingerprint density at radius 3 is 2.80 bits per heavy atom. The van der Waals surface area contributed by atoms with Crippen molar-refractivity contribution in [3.05, 3.63) is 42.5 Å². The van der Waals surface area contributed by atoms with Crippen LogP contribution in [0.1, 0.15) is 10.4 Å². The SMILES string of the molecule is C=CC[S@@](=O)c1ccccc1C(=O)OC. The van der Waals surface area contributed by atoms with Gasteiger partial charge in [0.1, 0.15) is 0 Å². The second kappa shape index (κ2) is 5.46. The van der Waals surface area contributed by atoms with E-state index in [4.69, 9.17) is 0 Å². The fourth-order valence-corrected chi connectivity index (χ4v) is 2.16. The van der Waals surface area contributed by atoms with Crippen LogP contribution in [0.3, 0.4) is 0 Å². The minimum atomic E-state index is -1.24. The Kier molecular flexibility index (Phi) is 4.24. The van der Waals surface area contributed by atoms with Crippen LogP contribution in [0.5, 0.6) is 0 Å². The highest BCUT2D eigenvalue weighted by molar-refractivity contribution is 7.85. The molecule has 0 aromatic heterocycles. The topological polar surface area (TPSA) is 43.4 Å². The van der Waals surface area contributed by atoms with Crippen molar-refractivity contribution < 1.29 is 13.7 Å². The predicted molar refractivity (Wildman–Crippen MR) is 59.3 cm³/mol. The van der Waals surface area contributed by atoms with Crippen LogP contribution >= 0.6 is 0 Å². The summed E-state index contributed by atoms with van der Waals surface area (Å²) in [6.07, 6.45) is 1.56. The van der Waals surface area contributed by atoms with Crippen molar-refractivity contribution in [3.63, 3.8) is 0 Å². The summed E-state index contributed by atoms with van der Waals surface area (Å²) in [5.41, 5.74) is 0.347. The Morgan fingerprint density at radius 2 is 2.20 bits per heavy atom. The molecule has 0 aliphatic rings. The van der Waals surface area contributed by atoms with E-state index in [-0.39, 0.29) is 0 Å². The summed E-state index contributed by atoms with van der Waals surface area (Å²) in [5.74, 6) is -0.142. The van der Waals surface area contributed by atoms with Crippen LogP contribution in [0, 0.1) is 0 Å². The van der Waals surface area contributed by atoms with Gasteiger partial charge < -0.3 is 4.74 Å². The summed E-state index contributed by atoms with van der Waals surface area (Å²) < 4.78 is 16.3. The van der Waals surface area contributed by atoms with Gasteiger partial charge in [-0.3, -0.25) is 4.21 Å². The van der Waals surface area contributed by atoms with Crippen molar-refractivity contribution >= 4 is 16.8 Å². The van der Waals surface area contributed by atoms with E-state index in [1.165, 1.54) is 7.11 Å². The molecule has 1 atom stereocenters. The van der Waals surface area contributed by atoms with Crippen molar-refractivity contribution in [2.75, 3.05) is 12.9 Å². The van der Waals surface area contributed by atoms with E-state index in [1.807, 2.05) is 0 Å². The molecular weight excluding hydrogens is 212 g/mol. The lowest BCUT2D eigenvalue weighted by atomic mass is 10.2. The lowest BCUT2D eigenvalue weighted by molar-refractivity contribution is 0.0596. The number of hydrogen-bond donors (Lipinski definition) is 0. The average Bonchev–Trinajstić information content (AvgIpc) is 2.28. The number of carbonyl (C=O) groups is 1. The van der Waals surface area contributed by atoms with E-state index in [9.17, 15) is 9.00 Å². The maximum Gasteiger partial charge on any atom is 0.339 e. The lowest BCUT2D eigenvalue weighted by Crippen LogP contribution is -2.07. The number of methoxy groups -OCH3 is 1. The first-order valence-corrected chi connectivity index (χ1v) is 5.69. The van der Waals surface area contributed by atoms with Gasteiger partial charge in [-0.2, -0.15) is 0 Å². The lowest BCUT2D eigenvalue weighted by Gasteiger charge is -2.05. The van der Waals surface area contributed by atoms with E-state index in [2.05, 4.69) is 11.3 Å². The highest BCUT2D eigenvalue weighted by atomic mass is 32.2. The minimum Gasteiger partial charge on any atom is -0.465 e. The monoisotopic (exact) mass is 224 g/mol. The fourth-order valence-electron chi connectivity index (χ4n) is 1.14. The molecular formula is C11H12O3S. The number of benzene rings is 1. The molecule has 0 saturated carbocycles. The molecule has 0 unspecified atom stereocenters. The van der Waals surface area contributed by atoms with Crippen LogP contribution in [-0.2, 0) is 15.5 Å². The molecule has 80 valence electrons. The summed E-state index contributed by atoms with van der Waals surface area (Å²) >= 11 is 0. The van der Waals surface area contributed by atoms with Gasteiger partial charge in [-0.1, -0.05) is 18.2 Å². The Morgan fingerprint density at radius 1 is 1.53 bits per heavy atom. The number of hydrogen-bond acceptors (Lipinski definition) is 3. The molecule has 0 bridgehead atoms. The normalized spacial score (nSPS) is 11.8. The third-order valence-electron chi connectivity index (χ3n) is 1.81. The van der Waals surface area contributed by atoms with Gasteiger partial charge in [0.05, 0.1) is 28.4 Å². The van der Waals surface area contributed by atoms with Gasteiger partial charge in [-0.25, -0.2) is 4.79 Å². The molecule has 0 fully saturated rings. The number of rotatable bonds is 4. The largest absolute Gasteiger partial charge is 0.465 e. The molecule has 0 saturated heterocycles. The van der Waals surface area contributed by atoms with Gasteiger partial charge in [0.15, 0.2) is 0 Å². The van der Waals surface area contributed by atoms with Crippen LogP contribution in [0.2, 0.25) is 0 Å². The molecule has 0 heterocycles. The van der Waals surface area contributed by atoms with E-state index in [1.54, 1.807) is 30.3 Å². The molecule has 1 aromatic carbocycles. The quantitative estimate of drug-likeness (QED) is 0.578. The number of ether oxygens (including phenoxy) is 1. The minimum absolute atomic E-state index is 0.327. The Balaban J connectivity index is 3.11. The second-order valence-corrected chi connectivity index (χ2v) is 4.25. The van der Waals surface area contributed by atoms with Gasteiger partial charge in [-0.15, -0.1) is 6.58 Å². The summed E-state index contributed by atoms with van der Waals surface area (Å²) in [6.45, 7) is 3.51. The van der Waals surface area contributed by atoms with Gasteiger partial charge in [0, 0.05) is 5.75 Å². The first-order valence-electron chi connectivity index (χ1n) is 4.37. The first kappa shape index (κ1) is 11.7. The summed E-state index contributed by atoms with van der Waals surface area (Å²) in [4.78, 5) is 11.9. The highest BCUT2D eigenvalue weighted by Crippen LogP contribution is 2.14. The van der Waals surface area contributed by atoms with E-state index in [0.717, 1.165) is 0 Å². The maximum absolute atomic E-state index is 11.7.